The second-order valence-electron chi connectivity index (χ2n) is 4.21. The first-order valence-electron chi connectivity index (χ1n) is 5.24. The molecule has 5 atom stereocenters. The van der Waals surface area contributed by atoms with Gasteiger partial charge in [-0.05, 0) is 6.42 Å². The maximum atomic E-state index is 10.0. The minimum absolute atomic E-state index is 0.0399. The first-order chi connectivity index (χ1) is 7.10. The number of aliphatic hydroxyl groups excluding tert-OH is 1. The normalized spacial score (nSPS) is 48.4. The lowest BCUT2D eigenvalue weighted by Gasteiger charge is -2.26. The zero-order valence-electron chi connectivity index (χ0n) is 9.21. The van der Waals surface area contributed by atoms with E-state index in [2.05, 4.69) is 0 Å². The standard InChI is InChI=1S/C10H18O5/c1-4-5-6-7(11)8(9(13-2)14-3)15-10(5,6)12/h5-9,11-12H,4H2,1-3H3. The second kappa shape index (κ2) is 3.68. The van der Waals surface area contributed by atoms with Crippen molar-refractivity contribution in [1.82, 2.24) is 0 Å². The van der Waals surface area contributed by atoms with Gasteiger partial charge >= 0.3 is 0 Å². The molecule has 1 saturated carbocycles. The van der Waals surface area contributed by atoms with Crippen LogP contribution in [0, 0.1) is 11.8 Å². The van der Waals surface area contributed by atoms with E-state index in [1.54, 1.807) is 0 Å². The lowest BCUT2D eigenvalue weighted by molar-refractivity contribution is -0.240. The van der Waals surface area contributed by atoms with Gasteiger partial charge in [0.15, 0.2) is 12.1 Å². The molecule has 15 heavy (non-hydrogen) atoms. The molecule has 0 aromatic carbocycles. The third kappa shape index (κ3) is 1.42. The van der Waals surface area contributed by atoms with Crippen molar-refractivity contribution in [3.05, 3.63) is 0 Å². The first kappa shape index (κ1) is 11.3. The summed E-state index contributed by atoms with van der Waals surface area (Å²) in [6.45, 7) is 1.97. The lowest BCUT2D eigenvalue weighted by atomic mass is 10.1. The van der Waals surface area contributed by atoms with Crippen LogP contribution in [0.1, 0.15) is 13.3 Å². The summed E-state index contributed by atoms with van der Waals surface area (Å²) in [7, 11) is 2.96. The molecule has 2 N–H and O–H groups in total. The van der Waals surface area contributed by atoms with Crippen molar-refractivity contribution < 1.29 is 24.4 Å². The molecule has 0 aromatic heterocycles. The van der Waals surface area contributed by atoms with Crippen molar-refractivity contribution in [3.8, 4) is 0 Å². The summed E-state index contributed by atoms with van der Waals surface area (Å²) >= 11 is 0. The Hall–Kier alpha value is -0.200. The Balaban J connectivity index is 2.04. The minimum Gasteiger partial charge on any atom is -0.390 e. The first-order valence-corrected chi connectivity index (χ1v) is 5.24. The molecule has 1 aliphatic heterocycles. The SMILES string of the molecule is CCC1C2C(O)C(C(OC)OC)OC12O. The van der Waals surface area contributed by atoms with Gasteiger partial charge in [0.1, 0.15) is 6.10 Å². The number of ether oxygens (including phenoxy) is 3. The topological polar surface area (TPSA) is 68.2 Å². The van der Waals surface area contributed by atoms with E-state index in [4.69, 9.17) is 14.2 Å². The highest BCUT2D eigenvalue weighted by Crippen LogP contribution is 2.61. The van der Waals surface area contributed by atoms with E-state index in [1.807, 2.05) is 6.92 Å². The Morgan fingerprint density at radius 1 is 1.40 bits per heavy atom. The molecule has 0 aromatic rings. The molecule has 0 bridgehead atoms. The van der Waals surface area contributed by atoms with E-state index in [1.165, 1.54) is 14.2 Å². The van der Waals surface area contributed by atoms with Gasteiger partial charge < -0.3 is 24.4 Å². The van der Waals surface area contributed by atoms with Crippen molar-refractivity contribution >= 4 is 0 Å². The molecule has 2 rings (SSSR count). The Bertz CT molecular complexity index is 242. The Morgan fingerprint density at radius 3 is 2.33 bits per heavy atom. The highest BCUT2D eigenvalue weighted by Gasteiger charge is 2.75. The number of methoxy groups -OCH3 is 2. The van der Waals surface area contributed by atoms with Gasteiger partial charge in [-0.3, -0.25) is 0 Å². The van der Waals surface area contributed by atoms with Crippen LogP contribution < -0.4 is 0 Å². The molecular formula is C10H18O5. The van der Waals surface area contributed by atoms with Crippen molar-refractivity contribution in [1.29, 1.82) is 0 Å². The van der Waals surface area contributed by atoms with Crippen LogP contribution in [0.2, 0.25) is 0 Å². The van der Waals surface area contributed by atoms with Gasteiger partial charge in [0, 0.05) is 26.1 Å². The van der Waals surface area contributed by atoms with Crippen molar-refractivity contribution in [2.45, 2.75) is 37.6 Å². The van der Waals surface area contributed by atoms with Crippen LogP contribution in [-0.4, -0.2) is 48.7 Å². The highest BCUT2D eigenvalue weighted by molar-refractivity contribution is 5.15. The Morgan fingerprint density at radius 2 is 2.00 bits per heavy atom. The number of hydrogen-bond acceptors (Lipinski definition) is 5. The molecule has 1 heterocycles. The summed E-state index contributed by atoms with van der Waals surface area (Å²) in [6, 6.07) is 0. The van der Waals surface area contributed by atoms with Gasteiger partial charge in [-0.2, -0.15) is 0 Å². The molecule has 5 unspecified atom stereocenters. The molecule has 5 nitrogen and oxygen atoms in total. The summed E-state index contributed by atoms with van der Waals surface area (Å²) in [5.74, 6) is -1.31. The molecule has 88 valence electrons. The van der Waals surface area contributed by atoms with E-state index < -0.39 is 24.3 Å². The molecule has 0 radical (unpaired) electrons. The molecule has 0 spiro atoms. The van der Waals surface area contributed by atoms with Crippen LogP contribution in [0.3, 0.4) is 0 Å². The number of aliphatic hydroxyl groups is 2. The third-order valence-corrected chi connectivity index (χ3v) is 3.54. The zero-order chi connectivity index (χ0) is 11.2. The summed E-state index contributed by atoms with van der Waals surface area (Å²) < 4.78 is 15.5. The smallest absolute Gasteiger partial charge is 0.185 e. The van der Waals surface area contributed by atoms with Gasteiger partial charge in [-0.15, -0.1) is 0 Å². The average molecular weight is 218 g/mol. The fraction of sp³-hybridized carbons (Fsp3) is 1.00. The summed E-state index contributed by atoms with van der Waals surface area (Å²) in [6.07, 6.45) is -1.15. The summed E-state index contributed by atoms with van der Waals surface area (Å²) in [5, 5.41) is 20.0. The summed E-state index contributed by atoms with van der Waals surface area (Å²) in [5.41, 5.74) is 0. The van der Waals surface area contributed by atoms with Crippen molar-refractivity contribution in [3.63, 3.8) is 0 Å². The van der Waals surface area contributed by atoms with Crippen LogP contribution >= 0.6 is 0 Å². The number of rotatable bonds is 4. The Kier molecular flexibility index (Phi) is 2.77. The maximum absolute atomic E-state index is 10.0. The number of fused-ring (bicyclic) bond motifs is 1. The molecular weight excluding hydrogens is 200 g/mol. The van der Waals surface area contributed by atoms with E-state index in [0.717, 1.165) is 6.42 Å². The molecule has 2 aliphatic rings. The van der Waals surface area contributed by atoms with Crippen LogP contribution in [0.25, 0.3) is 0 Å². The average Bonchev–Trinajstić information content (AvgIpc) is 2.73. The number of hydrogen-bond donors (Lipinski definition) is 2. The molecule has 5 heteroatoms. The third-order valence-electron chi connectivity index (χ3n) is 3.54. The van der Waals surface area contributed by atoms with Crippen LogP contribution in [-0.2, 0) is 14.2 Å². The van der Waals surface area contributed by atoms with E-state index >= 15 is 0 Å². The van der Waals surface area contributed by atoms with Gasteiger partial charge in [0.25, 0.3) is 0 Å². The quantitative estimate of drug-likeness (QED) is 0.635. The fourth-order valence-corrected chi connectivity index (χ4v) is 2.71. The second-order valence-corrected chi connectivity index (χ2v) is 4.21. The molecule has 1 aliphatic carbocycles. The van der Waals surface area contributed by atoms with Gasteiger partial charge in [-0.1, -0.05) is 6.92 Å². The van der Waals surface area contributed by atoms with Crippen LogP contribution in [0.4, 0.5) is 0 Å². The molecule has 0 amide bonds. The van der Waals surface area contributed by atoms with Crippen LogP contribution in [0.15, 0.2) is 0 Å². The highest BCUT2D eigenvalue weighted by atomic mass is 16.7. The molecule has 2 fully saturated rings. The van der Waals surface area contributed by atoms with Crippen LogP contribution in [0.5, 0.6) is 0 Å². The predicted molar refractivity (Wildman–Crippen MR) is 50.9 cm³/mol. The Labute approximate surface area is 88.9 Å². The van der Waals surface area contributed by atoms with E-state index in [9.17, 15) is 10.2 Å². The lowest BCUT2D eigenvalue weighted by Crippen LogP contribution is -2.41. The summed E-state index contributed by atoms with van der Waals surface area (Å²) in [4.78, 5) is 0. The van der Waals surface area contributed by atoms with E-state index in [0.29, 0.717) is 0 Å². The van der Waals surface area contributed by atoms with Gasteiger partial charge in [0.05, 0.1) is 6.10 Å². The van der Waals surface area contributed by atoms with E-state index in [-0.39, 0.29) is 11.8 Å². The largest absolute Gasteiger partial charge is 0.390 e. The monoisotopic (exact) mass is 218 g/mol. The molecule has 1 saturated heterocycles. The minimum atomic E-state index is -1.16. The van der Waals surface area contributed by atoms with Crippen molar-refractivity contribution in [2.75, 3.05) is 14.2 Å². The fourth-order valence-electron chi connectivity index (χ4n) is 2.71. The van der Waals surface area contributed by atoms with Gasteiger partial charge in [-0.25, -0.2) is 0 Å². The predicted octanol–water partition coefficient (Wildman–Crippen LogP) is -0.290. The van der Waals surface area contributed by atoms with Gasteiger partial charge in [0.2, 0.25) is 0 Å². The zero-order valence-corrected chi connectivity index (χ0v) is 9.21. The maximum Gasteiger partial charge on any atom is 0.185 e. The van der Waals surface area contributed by atoms with Crippen molar-refractivity contribution in [2.24, 2.45) is 11.8 Å².